The molecule has 0 saturated heterocycles. The largest absolute Gasteiger partial charge is 0.390 e. The lowest BCUT2D eigenvalue weighted by Crippen LogP contribution is -2.00. The Bertz CT molecular complexity index is 664. The minimum Gasteiger partial charge on any atom is -0.390 e. The van der Waals surface area contributed by atoms with Gasteiger partial charge in [0.2, 0.25) is 0 Å². The summed E-state index contributed by atoms with van der Waals surface area (Å²) in [7, 11) is 0. The molecule has 0 unspecified atom stereocenters. The molecule has 3 rings (SSSR count). The van der Waals surface area contributed by atoms with Crippen molar-refractivity contribution < 1.29 is 5.11 Å². The van der Waals surface area contributed by atoms with Crippen LogP contribution in [0.1, 0.15) is 5.69 Å². The summed E-state index contributed by atoms with van der Waals surface area (Å²) in [6, 6.07) is 13.5. The summed E-state index contributed by atoms with van der Waals surface area (Å²) in [5.41, 5.74) is 3.17. The summed E-state index contributed by atoms with van der Waals surface area (Å²) in [5.74, 6) is 0. The highest BCUT2D eigenvalue weighted by Gasteiger charge is 2.15. The molecule has 3 aromatic rings. The van der Waals surface area contributed by atoms with Gasteiger partial charge >= 0.3 is 0 Å². The number of benzene rings is 1. The smallest absolute Gasteiger partial charge is 0.117 e. The predicted molar refractivity (Wildman–Crippen MR) is 70.5 cm³/mol. The van der Waals surface area contributed by atoms with Gasteiger partial charge in [-0.25, -0.2) is 4.68 Å². The van der Waals surface area contributed by atoms with Crippen molar-refractivity contribution in [3.63, 3.8) is 0 Å². The fraction of sp³-hybridized carbons (Fsp3) is 0.0714. The van der Waals surface area contributed by atoms with Crippen molar-refractivity contribution in [2.24, 2.45) is 0 Å². The van der Waals surface area contributed by atoms with Gasteiger partial charge in [-0.15, -0.1) is 5.10 Å². The van der Waals surface area contributed by atoms with Crippen molar-refractivity contribution in [2.45, 2.75) is 6.61 Å². The molecule has 0 aliphatic rings. The van der Waals surface area contributed by atoms with Crippen LogP contribution in [0, 0.1) is 0 Å². The van der Waals surface area contributed by atoms with E-state index in [1.165, 1.54) is 0 Å². The van der Waals surface area contributed by atoms with Gasteiger partial charge in [-0.05, 0) is 24.3 Å². The Morgan fingerprint density at radius 2 is 1.74 bits per heavy atom. The standard InChI is InChI=1S/C14H12N4O/c19-10-13-14(11-6-8-15-9-7-11)18(17-16-13)12-4-2-1-3-5-12/h1-9,19H,10H2. The van der Waals surface area contributed by atoms with Gasteiger partial charge in [0.15, 0.2) is 0 Å². The van der Waals surface area contributed by atoms with Gasteiger partial charge in [0.25, 0.3) is 0 Å². The van der Waals surface area contributed by atoms with Crippen LogP contribution < -0.4 is 0 Å². The highest BCUT2D eigenvalue weighted by atomic mass is 16.3. The second kappa shape index (κ2) is 4.99. The molecule has 5 nitrogen and oxygen atoms in total. The molecular weight excluding hydrogens is 240 g/mol. The minimum absolute atomic E-state index is 0.148. The average Bonchev–Trinajstić information content (AvgIpc) is 2.93. The van der Waals surface area contributed by atoms with E-state index in [1.807, 2.05) is 42.5 Å². The van der Waals surface area contributed by atoms with Gasteiger partial charge < -0.3 is 5.11 Å². The number of pyridine rings is 1. The van der Waals surface area contributed by atoms with E-state index in [1.54, 1.807) is 17.1 Å². The maximum absolute atomic E-state index is 9.41. The van der Waals surface area contributed by atoms with Gasteiger partial charge in [-0.2, -0.15) is 0 Å². The molecule has 2 heterocycles. The minimum atomic E-state index is -0.148. The molecule has 5 heteroatoms. The lowest BCUT2D eigenvalue weighted by molar-refractivity contribution is 0.277. The van der Waals surface area contributed by atoms with Crippen LogP contribution in [-0.2, 0) is 6.61 Å². The molecule has 0 amide bonds. The summed E-state index contributed by atoms with van der Waals surface area (Å²) in [6.45, 7) is -0.148. The number of aliphatic hydroxyl groups excluding tert-OH is 1. The van der Waals surface area contributed by atoms with Crippen LogP contribution in [0.4, 0.5) is 0 Å². The van der Waals surface area contributed by atoms with Crippen LogP contribution in [0.25, 0.3) is 16.9 Å². The first-order valence-electron chi connectivity index (χ1n) is 5.91. The molecule has 0 atom stereocenters. The van der Waals surface area contributed by atoms with E-state index in [4.69, 9.17) is 0 Å². The Labute approximate surface area is 110 Å². The van der Waals surface area contributed by atoms with Crippen LogP contribution in [0.3, 0.4) is 0 Å². The summed E-state index contributed by atoms with van der Waals surface area (Å²) in [5, 5.41) is 17.6. The second-order valence-corrected chi connectivity index (χ2v) is 4.03. The topological polar surface area (TPSA) is 63.8 Å². The number of hydrogen-bond acceptors (Lipinski definition) is 4. The van der Waals surface area contributed by atoms with Crippen molar-refractivity contribution in [3.05, 3.63) is 60.6 Å². The molecule has 0 aliphatic heterocycles. The molecule has 0 radical (unpaired) electrons. The zero-order chi connectivity index (χ0) is 13.1. The quantitative estimate of drug-likeness (QED) is 0.772. The van der Waals surface area contributed by atoms with Crippen LogP contribution in [-0.4, -0.2) is 25.1 Å². The van der Waals surface area contributed by atoms with Crippen molar-refractivity contribution in [2.75, 3.05) is 0 Å². The lowest BCUT2D eigenvalue weighted by atomic mass is 10.1. The molecule has 0 saturated carbocycles. The fourth-order valence-corrected chi connectivity index (χ4v) is 1.97. The van der Waals surface area contributed by atoms with Crippen LogP contribution >= 0.6 is 0 Å². The predicted octanol–water partition coefficient (Wildman–Crippen LogP) is 1.82. The number of aromatic nitrogens is 4. The Hall–Kier alpha value is -2.53. The van der Waals surface area contributed by atoms with E-state index in [9.17, 15) is 5.11 Å². The first kappa shape index (κ1) is 11.6. The van der Waals surface area contributed by atoms with E-state index in [0.717, 1.165) is 16.9 Å². The molecule has 1 N–H and O–H groups in total. The van der Waals surface area contributed by atoms with E-state index >= 15 is 0 Å². The monoisotopic (exact) mass is 252 g/mol. The van der Waals surface area contributed by atoms with Crippen molar-refractivity contribution in [3.8, 4) is 16.9 Å². The van der Waals surface area contributed by atoms with E-state index in [0.29, 0.717) is 5.69 Å². The number of para-hydroxylation sites is 1. The van der Waals surface area contributed by atoms with Crippen molar-refractivity contribution in [1.29, 1.82) is 0 Å². The molecule has 0 aliphatic carbocycles. The average molecular weight is 252 g/mol. The lowest BCUT2D eigenvalue weighted by Gasteiger charge is -2.07. The molecular formula is C14H12N4O. The Morgan fingerprint density at radius 3 is 2.42 bits per heavy atom. The van der Waals surface area contributed by atoms with Crippen LogP contribution in [0.5, 0.6) is 0 Å². The maximum Gasteiger partial charge on any atom is 0.117 e. The zero-order valence-corrected chi connectivity index (χ0v) is 10.1. The SMILES string of the molecule is OCc1nnn(-c2ccccc2)c1-c1ccncc1. The molecule has 0 spiro atoms. The molecule has 19 heavy (non-hydrogen) atoms. The summed E-state index contributed by atoms with van der Waals surface area (Å²) < 4.78 is 1.72. The Balaban J connectivity index is 2.20. The van der Waals surface area contributed by atoms with Crippen molar-refractivity contribution in [1.82, 2.24) is 20.0 Å². The van der Waals surface area contributed by atoms with Gasteiger partial charge in [-0.1, -0.05) is 23.4 Å². The summed E-state index contributed by atoms with van der Waals surface area (Å²) >= 11 is 0. The first-order chi connectivity index (χ1) is 9.40. The zero-order valence-electron chi connectivity index (χ0n) is 10.1. The number of aliphatic hydroxyl groups is 1. The highest BCUT2D eigenvalue weighted by Crippen LogP contribution is 2.24. The number of nitrogens with zero attached hydrogens (tertiary/aromatic N) is 4. The van der Waals surface area contributed by atoms with Crippen molar-refractivity contribution >= 4 is 0 Å². The second-order valence-electron chi connectivity index (χ2n) is 4.03. The molecule has 0 fully saturated rings. The Kier molecular flexibility index (Phi) is 3.04. The summed E-state index contributed by atoms with van der Waals surface area (Å²) in [6.07, 6.45) is 3.41. The number of hydrogen-bond donors (Lipinski definition) is 1. The van der Waals surface area contributed by atoms with Crippen LogP contribution in [0.15, 0.2) is 54.9 Å². The van der Waals surface area contributed by atoms with E-state index in [2.05, 4.69) is 15.3 Å². The van der Waals surface area contributed by atoms with E-state index in [-0.39, 0.29) is 6.61 Å². The van der Waals surface area contributed by atoms with Gasteiger partial charge in [-0.3, -0.25) is 4.98 Å². The van der Waals surface area contributed by atoms with Gasteiger partial charge in [0.05, 0.1) is 12.3 Å². The normalized spacial score (nSPS) is 10.6. The maximum atomic E-state index is 9.41. The molecule has 1 aromatic carbocycles. The molecule has 94 valence electrons. The van der Waals surface area contributed by atoms with E-state index < -0.39 is 0 Å². The van der Waals surface area contributed by atoms with Gasteiger partial charge in [0, 0.05) is 18.0 Å². The summed E-state index contributed by atoms with van der Waals surface area (Å²) in [4.78, 5) is 4.00. The van der Waals surface area contributed by atoms with Crippen LogP contribution in [0.2, 0.25) is 0 Å². The van der Waals surface area contributed by atoms with Gasteiger partial charge in [0.1, 0.15) is 11.4 Å². The third kappa shape index (κ3) is 2.11. The number of rotatable bonds is 3. The molecule has 2 aromatic heterocycles. The third-order valence-corrected chi connectivity index (χ3v) is 2.84. The Morgan fingerprint density at radius 1 is 1.00 bits per heavy atom. The molecule has 0 bridgehead atoms. The first-order valence-corrected chi connectivity index (χ1v) is 5.91. The third-order valence-electron chi connectivity index (χ3n) is 2.84. The highest BCUT2D eigenvalue weighted by molar-refractivity contribution is 5.63. The fourth-order valence-electron chi connectivity index (χ4n) is 1.97.